The van der Waals surface area contributed by atoms with Gasteiger partial charge in [0.05, 0.1) is 0 Å². The molecule has 0 aliphatic carbocycles. The Balaban J connectivity index is 1.75. The third kappa shape index (κ3) is 2.97. The van der Waals surface area contributed by atoms with E-state index in [0.29, 0.717) is 29.7 Å². The molecule has 0 amide bonds. The Hall–Kier alpha value is -2.56. The van der Waals surface area contributed by atoms with Crippen LogP contribution in [0.25, 0.3) is 10.9 Å². The fraction of sp³-hybridized carbons (Fsp3) is 0.125. The summed E-state index contributed by atoms with van der Waals surface area (Å²) in [7, 11) is 0. The number of nitrogens with zero attached hydrogens (tertiary/aromatic N) is 2. The number of nitrogens with one attached hydrogen (secondary N) is 1. The van der Waals surface area contributed by atoms with Crippen molar-refractivity contribution in [2.75, 3.05) is 11.9 Å². The third-order valence-corrected chi connectivity index (χ3v) is 3.21. The maximum atomic E-state index is 13.6. The molecule has 1 heterocycles. The van der Waals surface area contributed by atoms with Crippen LogP contribution in [0.5, 0.6) is 0 Å². The van der Waals surface area contributed by atoms with E-state index < -0.39 is 0 Å². The molecular formula is C16H13F2N3. The van der Waals surface area contributed by atoms with Gasteiger partial charge < -0.3 is 5.32 Å². The predicted molar refractivity (Wildman–Crippen MR) is 78.1 cm³/mol. The van der Waals surface area contributed by atoms with Crippen molar-refractivity contribution in [2.45, 2.75) is 6.42 Å². The second-order valence-electron chi connectivity index (χ2n) is 4.66. The lowest BCUT2D eigenvalue weighted by Crippen LogP contribution is -2.07. The molecular weight excluding hydrogens is 272 g/mol. The Morgan fingerprint density at radius 1 is 1.00 bits per heavy atom. The molecule has 106 valence electrons. The first-order valence-electron chi connectivity index (χ1n) is 6.61. The lowest BCUT2D eigenvalue weighted by molar-refractivity contribution is 0.625. The molecule has 0 fully saturated rings. The van der Waals surface area contributed by atoms with E-state index in [1.807, 2.05) is 6.07 Å². The minimum Gasteiger partial charge on any atom is -0.369 e. The molecule has 0 atom stereocenters. The largest absolute Gasteiger partial charge is 0.369 e. The highest BCUT2D eigenvalue weighted by Crippen LogP contribution is 2.21. The minimum absolute atomic E-state index is 0.248. The Morgan fingerprint density at radius 3 is 2.71 bits per heavy atom. The van der Waals surface area contributed by atoms with Gasteiger partial charge in [-0.2, -0.15) is 0 Å². The van der Waals surface area contributed by atoms with Crippen molar-refractivity contribution in [2.24, 2.45) is 0 Å². The van der Waals surface area contributed by atoms with Crippen molar-refractivity contribution in [3.05, 3.63) is 66.0 Å². The van der Waals surface area contributed by atoms with Crippen LogP contribution in [0.4, 0.5) is 14.6 Å². The zero-order valence-electron chi connectivity index (χ0n) is 11.2. The van der Waals surface area contributed by atoms with Gasteiger partial charge in [-0.25, -0.2) is 18.7 Å². The van der Waals surface area contributed by atoms with Crippen LogP contribution in [0.1, 0.15) is 5.56 Å². The molecule has 0 aliphatic heterocycles. The van der Waals surface area contributed by atoms with Crippen molar-refractivity contribution in [1.82, 2.24) is 9.97 Å². The van der Waals surface area contributed by atoms with E-state index in [2.05, 4.69) is 15.3 Å². The van der Waals surface area contributed by atoms with Gasteiger partial charge in [0.2, 0.25) is 0 Å². The molecule has 1 N–H and O–H groups in total. The summed E-state index contributed by atoms with van der Waals surface area (Å²) in [6.07, 6.45) is 1.98. The van der Waals surface area contributed by atoms with Crippen LogP contribution in [0.2, 0.25) is 0 Å². The first-order chi connectivity index (χ1) is 10.2. The second kappa shape index (κ2) is 5.83. The molecule has 3 nitrogen and oxygen atoms in total. The highest BCUT2D eigenvalue weighted by atomic mass is 19.1. The van der Waals surface area contributed by atoms with Crippen LogP contribution >= 0.6 is 0 Å². The molecule has 3 aromatic rings. The molecule has 1 aromatic heterocycles. The normalized spacial score (nSPS) is 10.8. The SMILES string of the molecule is Fc1cccc(CCNc2ncnc3c(F)cccc23)c1. The first-order valence-corrected chi connectivity index (χ1v) is 6.61. The molecule has 0 spiro atoms. The summed E-state index contributed by atoms with van der Waals surface area (Å²) in [5.41, 5.74) is 1.19. The van der Waals surface area contributed by atoms with Crippen LogP contribution in [-0.2, 0) is 6.42 Å². The number of para-hydroxylation sites is 1. The van der Waals surface area contributed by atoms with Crippen LogP contribution in [0.15, 0.2) is 48.8 Å². The molecule has 0 bridgehead atoms. The van der Waals surface area contributed by atoms with Crippen molar-refractivity contribution >= 4 is 16.7 Å². The molecule has 3 rings (SSSR count). The molecule has 0 saturated heterocycles. The number of halogens is 2. The molecule has 2 aromatic carbocycles. The van der Waals surface area contributed by atoms with Gasteiger partial charge >= 0.3 is 0 Å². The van der Waals surface area contributed by atoms with Crippen LogP contribution in [-0.4, -0.2) is 16.5 Å². The third-order valence-electron chi connectivity index (χ3n) is 3.21. The average molecular weight is 285 g/mol. The number of anilines is 1. The van der Waals surface area contributed by atoms with E-state index in [9.17, 15) is 8.78 Å². The molecule has 21 heavy (non-hydrogen) atoms. The van der Waals surface area contributed by atoms with Gasteiger partial charge in [0.25, 0.3) is 0 Å². The molecule has 0 aliphatic rings. The number of hydrogen-bond acceptors (Lipinski definition) is 3. The fourth-order valence-corrected chi connectivity index (χ4v) is 2.21. The first kappa shape index (κ1) is 13.4. The van der Waals surface area contributed by atoms with Crippen LogP contribution in [0.3, 0.4) is 0 Å². The zero-order valence-corrected chi connectivity index (χ0v) is 11.2. The standard InChI is InChI=1S/C16H13F2N3/c17-12-4-1-3-11(9-12)7-8-19-16-13-5-2-6-14(18)15(13)20-10-21-16/h1-6,9-10H,7-8H2,(H,19,20,21). The summed E-state index contributed by atoms with van der Waals surface area (Å²) in [4.78, 5) is 8.08. The number of fused-ring (bicyclic) bond motifs is 1. The number of rotatable bonds is 4. The average Bonchev–Trinajstić information content (AvgIpc) is 2.48. The summed E-state index contributed by atoms with van der Waals surface area (Å²) in [5, 5.41) is 3.78. The Bertz CT molecular complexity index is 774. The van der Waals surface area contributed by atoms with Gasteiger partial charge in [-0.3, -0.25) is 0 Å². The van der Waals surface area contributed by atoms with Crippen molar-refractivity contribution in [3.8, 4) is 0 Å². The maximum absolute atomic E-state index is 13.6. The van der Waals surface area contributed by atoms with Crippen molar-refractivity contribution < 1.29 is 8.78 Å². The number of hydrogen-bond donors (Lipinski definition) is 1. The van der Waals surface area contributed by atoms with Gasteiger partial charge in [-0.1, -0.05) is 18.2 Å². The van der Waals surface area contributed by atoms with Gasteiger partial charge in [-0.05, 0) is 36.2 Å². The Morgan fingerprint density at radius 2 is 1.86 bits per heavy atom. The highest BCUT2D eigenvalue weighted by molar-refractivity contribution is 5.89. The maximum Gasteiger partial charge on any atom is 0.149 e. The van der Waals surface area contributed by atoms with Gasteiger partial charge in [-0.15, -0.1) is 0 Å². The van der Waals surface area contributed by atoms with Crippen molar-refractivity contribution in [3.63, 3.8) is 0 Å². The molecule has 0 unspecified atom stereocenters. The smallest absolute Gasteiger partial charge is 0.149 e. The Labute approximate surface area is 120 Å². The molecule has 0 saturated carbocycles. The van der Waals surface area contributed by atoms with Crippen LogP contribution < -0.4 is 5.32 Å². The molecule has 0 radical (unpaired) electrons. The Kier molecular flexibility index (Phi) is 3.73. The lowest BCUT2D eigenvalue weighted by atomic mass is 10.1. The summed E-state index contributed by atoms with van der Waals surface area (Å²) >= 11 is 0. The molecule has 5 heteroatoms. The van der Waals surface area contributed by atoms with E-state index in [4.69, 9.17) is 0 Å². The summed E-state index contributed by atoms with van der Waals surface area (Å²) in [5.74, 6) is -0.0407. The topological polar surface area (TPSA) is 37.8 Å². The monoisotopic (exact) mass is 285 g/mol. The number of aromatic nitrogens is 2. The van der Waals surface area contributed by atoms with Crippen molar-refractivity contribution in [1.29, 1.82) is 0 Å². The van der Waals surface area contributed by atoms with E-state index >= 15 is 0 Å². The quantitative estimate of drug-likeness (QED) is 0.796. The number of benzene rings is 2. The van der Waals surface area contributed by atoms with E-state index in [-0.39, 0.29) is 11.6 Å². The van der Waals surface area contributed by atoms with E-state index in [0.717, 1.165) is 5.56 Å². The van der Waals surface area contributed by atoms with Gasteiger partial charge in [0.1, 0.15) is 29.3 Å². The second-order valence-corrected chi connectivity index (χ2v) is 4.66. The summed E-state index contributed by atoms with van der Waals surface area (Å²) < 4.78 is 26.7. The summed E-state index contributed by atoms with van der Waals surface area (Å²) in [6.45, 7) is 0.575. The predicted octanol–water partition coefficient (Wildman–Crippen LogP) is 3.56. The van der Waals surface area contributed by atoms with Crippen LogP contribution in [0, 0.1) is 11.6 Å². The van der Waals surface area contributed by atoms with Gasteiger partial charge in [0.15, 0.2) is 0 Å². The lowest BCUT2D eigenvalue weighted by Gasteiger charge is -2.08. The highest BCUT2D eigenvalue weighted by Gasteiger charge is 2.06. The summed E-state index contributed by atoms with van der Waals surface area (Å²) in [6, 6.07) is 11.2. The van der Waals surface area contributed by atoms with E-state index in [1.165, 1.54) is 24.5 Å². The zero-order chi connectivity index (χ0) is 14.7. The van der Waals surface area contributed by atoms with E-state index in [1.54, 1.807) is 18.2 Å². The van der Waals surface area contributed by atoms with Gasteiger partial charge in [0, 0.05) is 11.9 Å². The fourth-order valence-electron chi connectivity index (χ4n) is 2.21. The minimum atomic E-state index is -0.372.